The maximum Gasteiger partial charge on any atom is 0.341 e. The van der Waals surface area contributed by atoms with Crippen molar-refractivity contribution in [3.63, 3.8) is 0 Å². The van der Waals surface area contributed by atoms with Crippen molar-refractivity contribution >= 4 is 29.7 Å². The van der Waals surface area contributed by atoms with E-state index in [9.17, 15) is 29.1 Å². The third kappa shape index (κ3) is 8.13. The molecule has 0 bridgehead atoms. The molecule has 1 aliphatic rings. The second kappa shape index (κ2) is 16.5. The quantitative estimate of drug-likeness (QED) is 0.106. The van der Waals surface area contributed by atoms with Crippen molar-refractivity contribution < 1.29 is 52.8 Å². The van der Waals surface area contributed by atoms with Gasteiger partial charge in [-0.25, -0.2) is 19.2 Å². The van der Waals surface area contributed by atoms with E-state index in [0.717, 1.165) is 0 Å². The minimum absolute atomic E-state index is 0.0211. The van der Waals surface area contributed by atoms with Crippen LogP contribution < -0.4 is 0 Å². The summed E-state index contributed by atoms with van der Waals surface area (Å²) in [4.78, 5) is 67.8. The normalized spacial score (nSPS) is 19.4. The highest BCUT2D eigenvalue weighted by Crippen LogP contribution is 2.32. The van der Waals surface area contributed by atoms with Crippen molar-refractivity contribution in [1.29, 1.82) is 0 Å². The smallest absolute Gasteiger partial charge is 0.341 e. The van der Waals surface area contributed by atoms with Gasteiger partial charge in [-0.15, -0.1) is 0 Å². The Morgan fingerprint density at radius 3 is 1.29 bits per heavy atom. The first-order valence-corrected chi connectivity index (χ1v) is 16.3. The summed E-state index contributed by atoms with van der Waals surface area (Å²) in [6.07, 6.45) is -8.29. The highest BCUT2D eigenvalue weighted by atomic mass is 16.7. The molecule has 0 saturated carbocycles. The summed E-state index contributed by atoms with van der Waals surface area (Å²) in [5.74, 6) is -4.16. The molecule has 1 saturated heterocycles. The molecular weight excluding hydrogens is 668 g/mol. The lowest BCUT2D eigenvalue weighted by Gasteiger charge is -2.43. The van der Waals surface area contributed by atoms with Crippen molar-refractivity contribution in [3.8, 4) is 0 Å². The molecule has 6 rings (SSSR count). The summed E-state index contributed by atoms with van der Waals surface area (Å²) in [5.41, 5.74) is 0.553. The molecule has 52 heavy (non-hydrogen) atoms. The molecule has 0 aromatic heterocycles. The van der Waals surface area contributed by atoms with Gasteiger partial charge in [0, 0.05) is 11.1 Å². The number of hydrogen-bond donors (Lipinski definition) is 1. The van der Waals surface area contributed by atoms with Crippen molar-refractivity contribution in [2.75, 3.05) is 6.61 Å². The third-order valence-electron chi connectivity index (χ3n) is 8.18. The molecule has 1 heterocycles. The van der Waals surface area contributed by atoms with Gasteiger partial charge >= 0.3 is 23.9 Å². The zero-order valence-corrected chi connectivity index (χ0v) is 27.5. The molecule has 0 amide bonds. The molecular formula is C41H32O11. The van der Waals surface area contributed by atoms with Crippen molar-refractivity contribution in [2.24, 2.45) is 0 Å². The highest BCUT2D eigenvalue weighted by Gasteiger charge is 2.54. The number of aliphatic hydroxyl groups excluding tert-OH is 1. The van der Waals surface area contributed by atoms with Crippen LogP contribution in [0.5, 0.6) is 0 Å². The highest BCUT2D eigenvalue weighted by molar-refractivity contribution is 6.14. The second-order valence-electron chi connectivity index (χ2n) is 11.6. The van der Waals surface area contributed by atoms with Gasteiger partial charge in [0.05, 0.1) is 28.9 Å². The number of ether oxygens (including phenoxy) is 5. The van der Waals surface area contributed by atoms with Crippen LogP contribution in [0.2, 0.25) is 0 Å². The Labute approximate surface area is 298 Å². The number of esters is 4. The molecule has 1 fully saturated rings. The Hall–Kier alpha value is -6.43. The summed E-state index contributed by atoms with van der Waals surface area (Å²) in [6, 6.07) is 37.9. The van der Waals surface area contributed by atoms with E-state index in [1.54, 1.807) is 91.0 Å². The van der Waals surface area contributed by atoms with Crippen molar-refractivity contribution in [2.45, 2.75) is 30.7 Å². The lowest BCUT2D eigenvalue weighted by molar-refractivity contribution is -0.283. The molecule has 0 radical (unpaired) electrons. The van der Waals surface area contributed by atoms with E-state index in [0.29, 0.717) is 5.56 Å². The van der Waals surface area contributed by atoms with Crippen molar-refractivity contribution in [1.82, 2.24) is 0 Å². The average molecular weight is 701 g/mol. The van der Waals surface area contributed by atoms with Crippen LogP contribution in [0.15, 0.2) is 146 Å². The van der Waals surface area contributed by atoms with Crippen LogP contribution in [-0.2, 0) is 23.7 Å². The first-order chi connectivity index (χ1) is 25.3. The maximum atomic E-state index is 13.9. The second-order valence-corrected chi connectivity index (χ2v) is 11.6. The van der Waals surface area contributed by atoms with Crippen LogP contribution in [0.1, 0.15) is 57.4 Å². The fourth-order valence-electron chi connectivity index (χ4n) is 5.59. The van der Waals surface area contributed by atoms with E-state index in [1.807, 2.05) is 0 Å². The van der Waals surface area contributed by atoms with Crippen LogP contribution in [0.25, 0.3) is 0 Å². The van der Waals surface area contributed by atoms with Gasteiger partial charge in [-0.05, 0) is 42.5 Å². The molecule has 5 atom stereocenters. The lowest BCUT2D eigenvalue weighted by atomic mass is 9.97. The van der Waals surface area contributed by atoms with Crippen molar-refractivity contribution in [3.05, 3.63) is 179 Å². The molecule has 5 aromatic carbocycles. The molecule has 1 aliphatic heterocycles. The summed E-state index contributed by atoms with van der Waals surface area (Å²) in [7, 11) is 0. The average Bonchev–Trinajstić information content (AvgIpc) is 3.20. The van der Waals surface area contributed by atoms with E-state index >= 15 is 0 Å². The zero-order valence-electron chi connectivity index (χ0n) is 27.5. The molecule has 1 N–H and O–H groups in total. The summed E-state index contributed by atoms with van der Waals surface area (Å²) < 4.78 is 29.4. The predicted octanol–water partition coefficient (Wildman–Crippen LogP) is 5.47. The van der Waals surface area contributed by atoms with E-state index in [2.05, 4.69) is 0 Å². The molecule has 0 spiro atoms. The number of aliphatic hydroxyl groups is 1. The first kappa shape index (κ1) is 35.4. The van der Waals surface area contributed by atoms with Crippen LogP contribution in [0, 0.1) is 0 Å². The first-order valence-electron chi connectivity index (χ1n) is 16.3. The number of ketones is 1. The number of carbonyl (C=O) groups excluding carboxylic acids is 5. The SMILES string of the molecule is O=C(O[C@H]1[C@H](OC(=O)c2ccccc2)[C@@H](OC(=O)c2ccccc2)C(OC(=O)c2ccccc2C(=O)c2ccccc2)O[C@@H]1CO)c1ccccc1. The largest absolute Gasteiger partial charge is 0.452 e. The van der Waals surface area contributed by atoms with Crippen LogP contribution in [0.3, 0.4) is 0 Å². The maximum absolute atomic E-state index is 13.9. The molecule has 11 heteroatoms. The Kier molecular flexibility index (Phi) is 11.2. The predicted molar refractivity (Wildman–Crippen MR) is 184 cm³/mol. The van der Waals surface area contributed by atoms with Gasteiger partial charge in [0.25, 0.3) is 0 Å². The van der Waals surface area contributed by atoms with Gasteiger partial charge in [-0.2, -0.15) is 0 Å². The fraction of sp³-hybridized carbons (Fsp3) is 0.146. The molecule has 1 unspecified atom stereocenters. The lowest BCUT2D eigenvalue weighted by Crippen LogP contribution is -2.63. The standard InChI is InChI=1S/C41H32O11/c42-25-32-34(49-37(44)27-17-7-2-8-18-27)35(50-38(45)28-19-9-3-10-20-28)36(51-39(46)29-21-11-4-12-22-29)41(48-32)52-40(47)31-24-14-13-23-30(31)33(43)26-15-5-1-6-16-26/h1-24,32,34-36,41-42H,25H2/t32-,34-,35+,36-,41?/m1/s1. The van der Waals surface area contributed by atoms with E-state index in [-0.39, 0.29) is 27.8 Å². The van der Waals surface area contributed by atoms with Crippen LogP contribution in [0.4, 0.5) is 0 Å². The van der Waals surface area contributed by atoms with Gasteiger partial charge in [0.15, 0.2) is 18.0 Å². The van der Waals surface area contributed by atoms with E-state index in [4.69, 9.17) is 23.7 Å². The Morgan fingerprint density at radius 1 is 0.442 bits per heavy atom. The molecule has 0 aliphatic carbocycles. The molecule has 5 aromatic rings. The fourth-order valence-corrected chi connectivity index (χ4v) is 5.59. The zero-order chi connectivity index (χ0) is 36.5. The summed E-state index contributed by atoms with van der Waals surface area (Å²) in [5, 5.41) is 10.5. The minimum atomic E-state index is -1.84. The number of rotatable bonds is 11. The Morgan fingerprint density at radius 2 is 0.827 bits per heavy atom. The van der Waals surface area contributed by atoms with Gasteiger partial charge in [0.2, 0.25) is 12.4 Å². The Balaban J connectivity index is 1.39. The van der Waals surface area contributed by atoms with Gasteiger partial charge < -0.3 is 28.8 Å². The van der Waals surface area contributed by atoms with Crippen LogP contribution in [-0.4, -0.2) is 72.1 Å². The topological polar surface area (TPSA) is 152 Å². The monoisotopic (exact) mass is 700 g/mol. The molecule has 262 valence electrons. The minimum Gasteiger partial charge on any atom is -0.452 e. The summed E-state index contributed by atoms with van der Waals surface area (Å²) in [6.45, 7) is -0.803. The number of benzene rings is 5. The third-order valence-corrected chi connectivity index (χ3v) is 8.18. The van der Waals surface area contributed by atoms with E-state index in [1.165, 1.54) is 54.6 Å². The van der Waals surface area contributed by atoms with Gasteiger partial charge in [-0.1, -0.05) is 103 Å². The van der Waals surface area contributed by atoms with Gasteiger partial charge in [0.1, 0.15) is 6.10 Å². The number of hydrogen-bond acceptors (Lipinski definition) is 11. The number of carbonyl (C=O) groups is 5. The van der Waals surface area contributed by atoms with E-state index < -0.39 is 67.0 Å². The Bertz CT molecular complexity index is 2020. The van der Waals surface area contributed by atoms with Crippen LogP contribution >= 0.6 is 0 Å². The summed E-state index contributed by atoms with van der Waals surface area (Å²) >= 11 is 0. The van der Waals surface area contributed by atoms with Gasteiger partial charge in [-0.3, -0.25) is 4.79 Å². The molecule has 11 nitrogen and oxygen atoms in total.